The second-order valence-electron chi connectivity index (χ2n) is 5.22. The first-order chi connectivity index (χ1) is 8.93. The fourth-order valence-corrected chi connectivity index (χ4v) is 1.57. The van der Waals surface area contributed by atoms with Gasteiger partial charge in [-0.05, 0) is 25.8 Å². The van der Waals surface area contributed by atoms with Crippen molar-refractivity contribution in [3.63, 3.8) is 0 Å². The first-order valence-corrected chi connectivity index (χ1v) is 6.32. The van der Waals surface area contributed by atoms with Crippen LogP contribution in [-0.4, -0.2) is 25.9 Å². The van der Waals surface area contributed by atoms with Crippen molar-refractivity contribution >= 4 is 0 Å². The fraction of sp³-hybridized carbons (Fsp3) is 0.533. The van der Waals surface area contributed by atoms with Gasteiger partial charge < -0.3 is 15.2 Å². The monoisotopic (exact) mass is 262 g/mol. The molecular formula is C15H22N2O2. The zero-order valence-corrected chi connectivity index (χ0v) is 11.8. The lowest BCUT2D eigenvalue weighted by Crippen LogP contribution is -2.40. The molecule has 0 amide bonds. The third kappa shape index (κ3) is 4.64. The summed E-state index contributed by atoms with van der Waals surface area (Å²) in [5.41, 5.74) is 5.53. The molecule has 0 bridgehead atoms. The Balaban J connectivity index is 2.53. The molecule has 19 heavy (non-hydrogen) atoms. The van der Waals surface area contributed by atoms with E-state index >= 15 is 0 Å². The van der Waals surface area contributed by atoms with Crippen LogP contribution >= 0.6 is 0 Å². The van der Waals surface area contributed by atoms with Crippen molar-refractivity contribution in [2.45, 2.75) is 31.4 Å². The third-order valence-corrected chi connectivity index (χ3v) is 3.22. The normalized spacial score (nSPS) is 14.7. The smallest absolute Gasteiger partial charge is 0.153 e. The topological polar surface area (TPSA) is 68.3 Å². The van der Waals surface area contributed by atoms with Crippen LogP contribution in [0.4, 0.5) is 0 Å². The van der Waals surface area contributed by atoms with E-state index < -0.39 is 5.54 Å². The van der Waals surface area contributed by atoms with Crippen molar-refractivity contribution in [3.8, 4) is 6.07 Å². The van der Waals surface area contributed by atoms with Crippen molar-refractivity contribution in [2.24, 2.45) is 5.73 Å². The molecule has 1 rings (SSSR count). The number of rotatable bonds is 7. The van der Waals surface area contributed by atoms with Crippen LogP contribution in [0.15, 0.2) is 30.3 Å². The Bertz CT molecular complexity index is 426. The van der Waals surface area contributed by atoms with E-state index in [1.165, 1.54) is 0 Å². The second kappa shape index (κ2) is 6.67. The standard InChI is InChI=1S/C15H22N2O2/c1-14(2,18-3)9-10-19-12-15(17,11-16)13-7-5-4-6-8-13/h4-8H,9-10,12,17H2,1-3H3. The number of nitrogens with zero attached hydrogens (tertiary/aromatic N) is 1. The van der Waals surface area contributed by atoms with Crippen LogP contribution in [0.2, 0.25) is 0 Å². The number of benzene rings is 1. The molecule has 0 saturated heterocycles. The summed E-state index contributed by atoms with van der Waals surface area (Å²) in [6.07, 6.45) is 0.750. The lowest BCUT2D eigenvalue weighted by Gasteiger charge is -2.25. The van der Waals surface area contributed by atoms with Gasteiger partial charge in [0.15, 0.2) is 5.54 Å². The summed E-state index contributed by atoms with van der Waals surface area (Å²) in [7, 11) is 1.67. The van der Waals surface area contributed by atoms with Crippen molar-refractivity contribution in [1.82, 2.24) is 0 Å². The summed E-state index contributed by atoms with van der Waals surface area (Å²) in [5, 5.41) is 9.26. The molecule has 2 N–H and O–H groups in total. The number of ether oxygens (including phenoxy) is 2. The Morgan fingerprint density at radius 1 is 1.26 bits per heavy atom. The Morgan fingerprint density at radius 2 is 1.89 bits per heavy atom. The van der Waals surface area contributed by atoms with Gasteiger partial charge in [0.2, 0.25) is 0 Å². The van der Waals surface area contributed by atoms with E-state index in [1.54, 1.807) is 7.11 Å². The van der Waals surface area contributed by atoms with Gasteiger partial charge in [0, 0.05) is 13.7 Å². The van der Waals surface area contributed by atoms with Gasteiger partial charge >= 0.3 is 0 Å². The second-order valence-corrected chi connectivity index (χ2v) is 5.22. The van der Waals surface area contributed by atoms with E-state index in [2.05, 4.69) is 6.07 Å². The largest absolute Gasteiger partial charge is 0.379 e. The van der Waals surface area contributed by atoms with E-state index in [9.17, 15) is 5.26 Å². The molecule has 0 spiro atoms. The van der Waals surface area contributed by atoms with E-state index in [0.29, 0.717) is 6.61 Å². The average molecular weight is 262 g/mol. The quantitative estimate of drug-likeness (QED) is 0.765. The number of methoxy groups -OCH3 is 1. The van der Waals surface area contributed by atoms with Crippen molar-refractivity contribution in [1.29, 1.82) is 5.26 Å². The first kappa shape index (κ1) is 15.6. The molecular weight excluding hydrogens is 240 g/mol. The van der Waals surface area contributed by atoms with E-state index in [-0.39, 0.29) is 12.2 Å². The molecule has 0 heterocycles. The molecule has 4 nitrogen and oxygen atoms in total. The maximum Gasteiger partial charge on any atom is 0.153 e. The Hall–Kier alpha value is -1.41. The molecule has 1 aromatic rings. The van der Waals surface area contributed by atoms with E-state index in [4.69, 9.17) is 15.2 Å². The minimum absolute atomic E-state index is 0.174. The average Bonchev–Trinajstić information content (AvgIpc) is 2.44. The summed E-state index contributed by atoms with van der Waals surface area (Å²) in [6.45, 7) is 4.67. The van der Waals surface area contributed by atoms with Crippen molar-refractivity contribution in [2.75, 3.05) is 20.3 Å². The predicted octanol–water partition coefficient (Wildman–Crippen LogP) is 2.20. The summed E-state index contributed by atoms with van der Waals surface area (Å²) < 4.78 is 10.9. The molecule has 0 aliphatic rings. The molecule has 0 aliphatic carbocycles. The number of hydrogen-bond donors (Lipinski definition) is 1. The highest BCUT2D eigenvalue weighted by Crippen LogP contribution is 2.19. The maximum absolute atomic E-state index is 9.26. The molecule has 0 radical (unpaired) electrons. The summed E-state index contributed by atoms with van der Waals surface area (Å²) in [5.74, 6) is 0. The Labute approximate surface area is 115 Å². The van der Waals surface area contributed by atoms with Gasteiger partial charge in [0.25, 0.3) is 0 Å². The molecule has 104 valence electrons. The SMILES string of the molecule is COC(C)(C)CCOCC(N)(C#N)c1ccccc1. The van der Waals surface area contributed by atoms with Gasteiger partial charge in [0.1, 0.15) is 0 Å². The number of nitriles is 1. The number of nitrogens with two attached hydrogens (primary N) is 1. The lowest BCUT2D eigenvalue weighted by atomic mass is 9.94. The van der Waals surface area contributed by atoms with Crippen molar-refractivity contribution in [3.05, 3.63) is 35.9 Å². The zero-order valence-electron chi connectivity index (χ0n) is 11.8. The lowest BCUT2D eigenvalue weighted by molar-refractivity contribution is -0.0139. The molecule has 1 atom stereocenters. The molecule has 0 aliphatic heterocycles. The summed E-state index contributed by atoms with van der Waals surface area (Å²) in [4.78, 5) is 0. The molecule has 0 aromatic heterocycles. The van der Waals surface area contributed by atoms with Crippen LogP contribution in [0.1, 0.15) is 25.8 Å². The highest BCUT2D eigenvalue weighted by molar-refractivity contribution is 5.30. The molecule has 0 fully saturated rings. The van der Waals surface area contributed by atoms with Gasteiger partial charge in [-0.1, -0.05) is 30.3 Å². The Morgan fingerprint density at radius 3 is 2.42 bits per heavy atom. The van der Waals surface area contributed by atoms with Crippen LogP contribution in [0.25, 0.3) is 0 Å². The van der Waals surface area contributed by atoms with Gasteiger partial charge in [-0.2, -0.15) is 5.26 Å². The van der Waals surface area contributed by atoms with Crippen LogP contribution in [-0.2, 0) is 15.0 Å². The molecule has 1 unspecified atom stereocenters. The molecule has 1 aromatic carbocycles. The number of hydrogen-bond acceptors (Lipinski definition) is 4. The fourth-order valence-electron chi connectivity index (χ4n) is 1.57. The highest BCUT2D eigenvalue weighted by atomic mass is 16.5. The van der Waals surface area contributed by atoms with Gasteiger partial charge in [-0.15, -0.1) is 0 Å². The minimum atomic E-state index is -1.10. The van der Waals surface area contributed by atoms with Crippen molar-refractivity contribution < 1.29 is 9.47 Å². The van der Waals surface area contributed by atoms with Crippen LogP contribution in [0, 0.1) is 11.3 Å². The third-order valence-electron chi connectivity index (χ3n) is 3.22. The van der Waals surface area contributed by atoms with E-state index in [1.807, 2.05) is 44.2 Å². The van der Waals surface area contributed by atoms with Gasteiger partial charge in [-0.3, -0.25) is 0 Å². The molecule has 0 saturated carbocycles. The highest BCUT2D eigenvalue weighted by Gasteiger charge is 2.27. The maximum atomic E-state index is 9.26. The first-order valence-electron chi connectivity index (χ1n) is 6.32. The van der Waals surface area contributed by atoms with Crippen LogP contribution in [0.5, 0.6) is 0 Å². The van der Waals surface area contributed by atoms with Crippen LogP contribution in [0.3, 0.4) is 0 Å². The predicted molar refractivity (Wildman–Crippen MR) is 74.4 cm³/mol. The van der Waals surface area contributed by atoms with Gasteiger partial charge in [-0.25, -0.2) is 0 Å². The summed E-state index contributed by atoms with van der Waals surface area (Å²) in [6, 6.07) is 11.4. The summed E-state index contributed by atoms with van der Waals surface area (Å²) >= 11 is 0. The minimum Gasteiger partial charge on any atom is -0.379 e. The Kier molecular flexibility index (Phi) is 5.49. The van der Waals surface area contributed by atoms with Gasteiger partial charge in [0.05, 0.1) is 18.3 Å². The van der Waals surface area contributed by atoms with E-state index in [0.717, 1.165) is 12.0 Å². The molecule has 4 heteroatoms. The zero-order chi connectivity index (χ0) is 14.4. The van der Waals surface area contributed by atoms with Crippen LogP contribution < -0.4 is 5.73 Å².